The fraction of sp³-hybridized carbons (Fsp3) is 0.200. The van der Waals surface area contributed by atoms with Crippen LogP contribution in [0.3, 0.4) is 0 Å². The van der Waals surface area contributed by atoms with Crippen LogP contribution >= 0.6 is 22.6 Å². The van der Waals surface area contributed by atoms with E-state index >= 15 is 0 Å². The van der Waals surface area contributed by atoms with E-state index in [-0.39, 0.29) is 0 Å². The summed E-state index contributed by atoms with van der Waals surface area (Å²) in [4.78, 5) is 0.337. The lowest BCUT2D eigenvalue weighted by atomic mass is 9.94. The van der Waals surface area contributed by atoms with Crippen molar-refractivity contribution < 1.29 is 8.42 Å². The third-order valence-electron chi connectivity index (χ3n) is 5.56. The van der Waals surface area contributed by atoms with E-state index in [0.717, 1.165) is 36.7 Å². The Hall–Kier alpha value is -1.90. The van der Waals surface area contributed by atoms with E-state index < -0.39 is 18.1 Å². The first-order valence-electron chi connectivity index (χ1n) is 10.3. The lowest BCUT2D eigenvalue weighted by Gasteiger charge is -2.37. The molecule has 1 aliphatic heterocycles. The first-order valence-corrected chi connectivity index (χ1v) is 16.3. The van der Waals surface area contributed by atoms with Crippen molar-refractivity contribution in [1.29, 1.82) is 0 Å². The fourth-order valence-electron chi connectivity index (χ4n) is 4.05. The summed E-state index contributed by atoms with van der Waals surface area (Å²) in [6, 6.07) is 23.6. The molecule has 160 valence electrons. The number of fused-ring (bicyclic) bond motifs is 3. The topological polar surface area (TPSA) is 37.4 Å². The molecular formula is C25H26INO2SSi. The average molecular weight is 560 g/mol. The maximum Gasteiger partial charge on any atom is 0.264 e. The molecule has 3 aromatic rings. The van der Waals surface area contributed by atoms with Crippen molar-refractivity contribution in [3.05, 3.63) is 94.8 Å². The Morgan fingerprint density at radius 1 is 0.806 bits per heavy atom. The summed E-state index contributed by atoms with van der Waals surface area (Å²) >= 11 is 2.36. The van der Waals surface area contributed by atoms with Crippen molar-refractivity contribution in [2.24, 2.45) is 0 Å². The van der Waals surface area contributed by atoms with E-state index in [4.69, 9.17) is 0 Å². The van der Waals surface area contributed by atoms with Crippen LogP contribution in [-0.2, 0) is 16.6 Å². The van der Waals surface area contributed by atoms with Crippen LogP contribution in [0.2, 0.25) is 19.6 Å². The van der Waals surface area contributed by atoms with Crippen molar-refractivity contribution in [2.75, 3.05) is 0 Å². The third-order valence-corrected chi connectivity index (χ3v) is 11.0. The minimum atomic E-state index is -3.72. The van der Waals surface area contributed by atoms with E-state index in [1.165, 1.54) is 0 Å². The highest BCUT2D eigenvalue weighted by Crippen LogP contribution is 2.44. The summed E-state index contributed by atoms with van der Waals surface area (Å²) < 4.78 is 30.7. The molecule has 0 aromatic heterocycles. The number of sulfonamides is 1. The van der Waals surface area contributed by atoms with Crippen LogP contribution in [0.15, 0.2) is 83.0 Å². The first kappa shape index (κ1) is 22.3. The molecule has 0 saturated carbocycles. The van der Waals surface area contributed by atoms with E-state index in [2.05, 4.69) is 66.5 Å². The van der Waals surface area contributed by atoms with Gasteiger partial charge in [-0.1, -0.05) is 85.9 Å². The third kappa shape index (κ3) is 4.13. The van der Waals surface area contributed by atoms with Crippen LogP contribution in [-0.4, -0.2) is 20.8 Å². The van der Waals surface area contributed by atoms with Gasteiger partial charge in [0.25, 0.3) is 10.0 Å². The molecule has 0 unspecified atom stereocenters. The maximum absolute atomic E-state index is 14.0. The second kappa shape index (κ2) is 8.22. The standard InChI is InChI=1S/C25H26INO2SSi/c1-18-13-15-20(16-14-18)30(28,29)27-17-19-9-5-6-10-21(19)22-11-7-8-12-23(22)24(26)25(27)31(2,3)4/h5-16H,17H2,1-4H3/b25-24-. The fourth-order valence-corrected chi connectivity index (χ4v) is 11.6. The van der Waals surface area contributed by atoms with Crippen LogP contribution in [0, 0.1) is 6.92 Å². The summed E-state index contributed by atoms with van der Waals surface area (Å²) in [5.74, 6) is 0. The highest BCUT2D eigenvalue weighted by molar-refractivity contribution is 14.1. The largest absolute Gasteiger partial charge is 0.269 e. The molecule has 1 aliphatic rings. The molecular weight excluding hydrogens is 533 g/mol. The molecule has 0 spiro atoms. The van der Waals surface area contributed by atoms with Gasteiger partial charge in [-0.25, -0.2) is 8.42 Å². The van der Waals surface area contributed by atoms with Crippen molar-refractivity contribution in [3.8, 4) is 11.1 Å². The highest BCUT2D eigenvalue weighted by atomic mass is 127. The number of rotatable bonds is 3. The lowest BCUT2D eigenvalue weighted by Crippen LogP contribution is -2.42. The van der Waals surface area contributed by atoms with E-state index in [1.807, 2.05) is 43.3 Å². The molecule has 1 heterocycles. The maximum atomic E-state index is 14.0. The number of nitrogens with zero attached hydrogens (tertiary/aromatic N) is 1. The zero-order chi connectivity index (χ0) is 22.4. The molecule has 3 aromatic carbocycles. The van der Waals surface area contributed by atoms with Crippen molar-refractivity contribution in [1.82, 2.24) is 4.31 Å². The Morgan fingerprint density at radius 3 is 1.97 bits per heavy atom. The molecule has 0 saturated heterocycles. The summed E-state index contributed by atoms with van der Waals surface area (Å²) in [5.41, 5.74) is 5.40. The van der Waals surface area contributed by atoms with Crippen molar-refractivity contribution >= 4 is 44.3 Å². The number of halogens is 1. The van der Waals surface area contributed by atoms with Gasteiger partial charge in [-0.05, 0) is 63.9 Å². The summed E-state index contributed by atoms with van der Waals surface area (Å²) in [6.45, 7) is 8.95. The zero-order valence-electron chi connectivity index (χ0n) is 18.2. The zero-order valence-corrected chi connectivity index (χ0v) is 22.2. The van der Waals surface area contributed by atoms with Crippen LogP contribution in [0.5, 0.6) is 0 Å². The van der Waals surface area contributed by atoms with E-state index in [1.54, 1.807) is 16.4 Å². The lowest BCUT2D eigenvalue weighted by molar-refractivity contribution is 0.486. The minimum absolute atomic E-state index is 0.326. The number of benzene rings is 3. The van der Waals surface area contributed by atoms with Gasteiger partial charge in [0.1, 0.15) is 8.07 Å². The quantitative estimate of drug-likeness (QED) is 0.260. The summed E-state index contributed by atoms with van der Waals surface area (Å²) in [7, 11) is -5.78. The molecule has 0 bridgehead atoms. The summed E-state index contributed by atoms with van der Waals surface area (Å²) in [5, 5.41) is 0.954. The Kier molecular flexibility index (Phi) is 5.91. The van der Waals surface area contributed by atoms with Gasteiger partial charge in [-0.3, -0.25) is 4.31 Å². The molecule has 0 aliphatic carbocycles. The summed E-state index contributed by atoms with van der Waals surface area (Å²) in [6.07, 6.45) is 0. The highest BCUT2D eigenvalue weighted by Gasteiger charge is 2.37. The monoisotopic (exact) mass is 559 g/mol. The SMILES string of the molecule is Cc1ccc(S(=O)(=O)N2Cc3ccccc3-c3ccccc3/C(I)=C\2[Si](C)(C)C)cc1. The molecule has 31 heavy (non-hydrogen) atoms. The normalized spacial score (nSPS) is 16.9. The number of hydrogen-bond donors (Lipinski definition) is 0. The second-order valence-electron chi connectivity index (χ2n) is 8.94. The van der Waals surface area contributed by atoms with Gasteiger partial charge >= 0.3 is 0 Å². The smallest absolute Gasteiger partial charge is 0.264 e. The predicted octanol–water partition coefficient (Wildman–Crippen LogP) is 6.85. The molecule has 4 rings (SSSR count). The molecule has 0 fully saturated rings. The van der Waals surface area contributed by atoms with Gasteiger partial charge < -0.3 is 0 Å². The van der Waals surface area contributed by atoms with Crippen LogP contribution in [0.4, 0.5) is 0 Å². The Bertz CT molecular complexity index is 1280. The van der Waals surface area contributed by atoms with Gasteiger partial charge in [0.15, 0.2) is 0 Å². The van der Waals surface area contributed by atoms with Gasteiger partial charge in [0, 0.05) is 8.90 Å². The van der Waals surface area contributed by atoms with E-state index in [0.29, 0.717) is 11.4 Å². The number of hydrogen-bond acceptors (Lipinski definition) is 2. The van der Waals surface area contributed by atoms with Gasteiger partial charge in [-0.15, -0.1) is 0 Å². The first-order chi connectivity index (χ1) is 14.6. The van der Waals surface area contributed by atoms with Gasteiger partial charge in [0.2, 0.25) is 0 Å². The molecule has 0 amide bonds. The van der Waals surface area contributed by atoms with Crippen LogP contribution in [0.25, 0.3) is 14.7 Å². The predicted molar refractivity (Wildman–Crippen MR) is 140 cm³/mol. The molecule has 6 heteroatoms. The van der Waals surface area contributed by atoms with Gasteiger partial charge in [-0.2, -0.15) is 0 Å². The minimum Gasteiger partial charge on any atom is -0.269 e. The van der Waals surface area contributed by atoms with Crippen LogP contribution < -0.4 is 0 Å². The Balaban J connectivity index is 2.06. The molecule has 0 atom stereocenters. The molecule has 3 nitrogen and oxygen atoms in total. The average Bonchev–Trinajstić information content (AvgIpc) is 2.72. The Morgan fingerprint density at radius 2 is 1.35 bits per heavy atom. The number of aryl methyl sites for hydroxylation is 1. The van der Waals surface area contributed by atoms with Gasteiger partial charge in [0.05, 0.1) is 11.4 Å². The second-order valence-corrected chi connectivity index (χ2v) is 16.9. The Labute approximate surface area is 200 Å². The van der Waals surface area contributed by atoms with Crippen LogP contribution in [0.1, 0.15) is 16.7 Å². The van der Waals surface area contributed by atoms with Crippen molar-refractivity contribution in [3.63, 3.8) is 0 Å². The molecule has 0 radical (unpaired) electrons. The molecule has 0 N–H and O–H groups in total. The van der Waals surface area contributed by atoms with E-state index in [9.17, 15) is 8.42 Å². The van der Waals surface area contributed by atoms with Crippen molar-refractivity contribution in [2.45, 2.75) is 38.0 Å².